The highest BCUT2D eigenvalue weighted by molar-refractivity contribution is 7.95. The Morgan fingerprint density at radius 1 is 1.21 bits per heavy atom. The third kappa shape index (κ3) is 9.16. The third-order valence-corrected chi connectivity index (χ3v) is 8.39. The Labute approximate surface area is 199 Å². The van der Waals surface area contributed by atoms with E-state index in [1.54, 1.807) is 30.8 Å². The molecule has 2 rings (SSSR count). The summed E-state index contributed by atoms with van der Waals surface area (Å²) in [6, 6.07) is 6.82. The zero-order valence-corrected chi connectivity index (χ0v) is 21.7. The van der Waals surface area contributed by atoms with E-state index >= 15 is 0 Å². The number of esters is 1. The zero-order valence-electron chi connectivity index (χ0n) is 19.9. The first-order chi connectivity index (χ1) is 15.6. The lowest BCUT2D eigenvalue weighted by Crippen LogP contribution is -2.43. The van der Waals surface area contributed by atoms with Crippen molar-refractivity contribution < 1.29 is 18.8 Å². The molecule has 33 heavy (non-hydrogen) atoms. The first-order valence-electron chi connectivity index (χ1n) is 10.8. The minimum Gasteiger partial charge on any atom is -0.462 e. The summed E-state index contributed by atoms with van der Waals surface area (Å²) in [4.78, 5) is 35.3. The average molecular weight is 496 g/mol. The number of carbonyl (C=O) groups is 1. The number of rotatable bonds is 13. The molecule has 1 heterocycles. The van der Waals surface area contributed by atoms with Gasteiger partial charge in [0.25, 0.3) is 0 Å². The highest BCUT2D eigenvalue weighted by Gasteiger charge is 2.36. The number of aromatic nitrogens is 3. The maximum Gasteiger partial charge on any atom is 0.340 e. The van der Waals surface area contributed by atoms with Gasteiger partial charge in [0.05, 0.1) is 24.7 Å². The van der Waals surface area contributed by atoms with Crippen LogP contribution in [0.5, 0.6) is 0 Å². The van der Waals surface area contributed by atoms with Gasteiger partial charge in [0.1, 0.15) is 0 Å². The fraction of sp³-hybridized carbons (Fsp3) is 0.524. The molecule has 0 aliphatic heterocycles. The summed E-state index contributed by atoms with van der Waals surface area (Å²) in [7, 11) is -2.75. The number of nitrogens with one attached hydrogen (secondary N) is 2. The Morgan fingerprint density at radius 2 is 1.88 bits per heavy atom. The van der Waals surface area contributed by atoms with Gasteiger partial charge < -0.3 is 30.3 Å². The number of nitrogen functional groups attached to an aromatic ring is 1. The largest absolute Gasteiger partial charge is 0.462 e. The van der Waals surface area contributed by atoms with Gasteiger partial charge in [0.15, 0.2) is 5.94 Å². The maximum atomic E-state index is 12.0. The lowest BCUT2D eigenvalue weighted by atomic mass is 10.2. The van der Waals surface area contributed by atoms with Crippen molar-refractivity contribution in [2.24, 2.45) is 0 Å². The Bertz CT molecular complexity index is 901. The summed E-state index contributed by atoms with van der Waals surface area (Å²) < 4.78 is 11.0. The van der Waals surface area contributed by atoms with Crippen molar-refractivity contribution in [3.8, 4) is 0 Å². The maximum absolute atomic E-state index is 12.0. The van der Waals surface area contributed by atoms with Crippen LogP contribution in [-0.4, -0.2) is 65.9 Å². The van der Waals surface area contributed by atoms with Gasteiger partial charge in [-0.25, -0.2) is 4.79 Å². The van der Waals surface area contributed by atoms with E-state index in [0.29, 0.717) is 36.3 Å². The molecule has 2 aromatic rings. The van der Waals surface area contributed by atoms with Crippen molar-refractivity contribution in [2.75, 3.05) is 48.0 Å². The predicted octanol–water partition coefficient (Wildman–Crippen LogP) is 2.87. The number of carbonyl (C=O) groups excluding carboxylic acids is 1. The lowest BCUT2D eigenvalue weighted by Gasteiger charge is -2.26. The molecular formula is C21H35N6O4SSi+. The van der Waals surface area contributed by atoms with Gasteiger partial charge in [-0.15, -0.1) is 0 Å². The molecule has 0 aliphatic carbocycles. The lowest BCUT2D eigenvalue weighted by molar-refractivity contribution is 0.0499. The van der Waals surface area contributed by atoms with Crippen LogP contribution in [0.1, 0.15) is 37.0 Å². The molecular weight excluding hydrogens is 460 g/mol. The summed E-state index contributed by atoms with van der Waals surface area (Å²) in [5, 5.41) is 6.16. The number of anilines is 4. The van der Waals surface area contributed by atoms with Gasteiger partial charge in [-0.2, -0.15) is 15.0 Å². The molecule has 182 valence electrons. The van der Waals surface area contributed by atoms with E-state index in [0.717, 1.165) is 12.8 Å². The fourth-order valence-electron chi connectivity index (χ4n) is 2.55. The van der Waals surface area contributed by atoms with E-state index in [9.17, 15) is 9.59 Å². The number of hydrogen-bond donors (Lipinski definition) is 4. The summed E-state index contributed by atoms with van der Waals surface area (Å²) in [6.45, 7) is 6.59. The minimum atomic E-state index is -2.85. The van der Waals surface area contributed by atoms with Crippen molar-refractivity contribution in [3.05, 3.63) is 29.8 Å². The van der Waals surface area contributed by atoms with Crippen LogP contribution in [0.25, 0.3) is 0 Å². The van der Waals surface area contributed by atoms with Crippen LogP contribution in [0, 0.1) is 0 Å². The number of benzene rings is 1. The molecule has 0 amide bonds. The predicted molar refractivity (Wildman–Crippen MR) is 136 cm³/mol. The minimum absolute atomic E-state index is 0.0556. The summed E-state index contributed by atoms with van der Waals surface area (Å²) in [5.74, 6) is 0.809. The molecule has 0 saturated carbocycles. The van der Waals surface area contributed by atoms with Crippen molar-refractivity contribution >= 4 is 49.0 Å². The second-order valence-corrected chi connectivity index (χ2v) is 13.7. The molecule has 0 bridgehead atoms. The van der Waals surface area contributed by atoms with Gasteiger partial charge in [-0.1, -0.05) is 20.3 Å². The normalized spacial score (nSPS) is 13.9. The Morgan fingerprint density at radius 3 is 2.52 bits per heavy atom. The van der Waals surface area contributed by atoms with Gasteiger partial charge in [-0.3, -0.25) is 0 Å². The highest BCUT2D eigenvalue weighted by atomic mass is 32.2. The van der Waals surface area contributed by atoms with Crippen molar-refractivity contribution in [1.29, 1.82) is 0 Å². The van der Waals surface area contributed by atoms with Gasteiger partial charge in [-0.05, 0) is 37.2 Å². The molecule has 10 nitrogen and oxygen atoms in total. The molecule has 0 radical (unpaired) electrons. The highest BCUT2D eigenvalue weighted by Crippen LogP contribution is 2.21. The monoisotopic (exact) mass is 495 g/mol. The number of unbranched alkanes of at least 4 members (excludes halogenated alkanes) is 1. The standard InChI is InChI=1S/C21H34N6O4SSi/c1-6-7-12-30-18(28)16-8-10-17(11-9-16)24-21-26-19(22)25-20(27-21)23-13-15(2)33(5,29)31-14-32(3)4/h8-11,15,29H,6-7,12-14H2,1-5H3,(H3-,22,23,24,25,26,27,28)/p+1. The first-order valence-corrected chi connectivity index (χ1v) is 15.4. The number of nitrogens with zero attached hydrogens (tertiary/aromatic N) is 3. The summed E-state index contributed by atoms with van der Waals surface area (Å²) >= 11 is 0. The average Bonchev–Trinajstić information content (AvgIpc) is 2.76. The third-order valence-electron chi connectivity index (χ3n) is 4.83. The van der Waals surface area contributed by atoms with Crippen LogP contribution in [0.15, 0.2) is 24.3 Å². The Balaban J connectivity index is 1.97. The molecule has 2 atom stereocenters. The van der Waals surface area contributed by atoms with Crippen LogP contribution < -0.4 is 16.4 Å². The second-order valence-electron chi connectivity index (χ2n) is 8.12. The molecule has 0 spiro atoms. The number of nitrogens with two attached hydrogens (primary N) is 1. The molecule has 0 aliphatic rings. The first kappa shape index (κ1) is 26.8. The van der Waals surface area contributed by atoms with E-state index in [1.165, 1.54) is 0 Å². The zero-order chi connectivity index (χ0) is 24.4. The van der Waals surface area contributed by atoms with E-state index in [1.807, 2.05) is 13.8 Å². The Hall–Kier alpha value is -2.41. The topological polar surface area (TPSA) is 145 Å². The van der Waals surface area contributed by atoms with Crippen LogP contribution in [0.2, 0.25) is 12.1 Å². The second kappa shape index (κ2) is 12.7. The van der Waals surface area contributed by atoms with Crippen molar-refractivity contribution in [3.63, 3.8) is 0 Å². The summed E-state index contributed by atoms with van der Waals surface area (Å²) in [6.07, 6.45) is 5.95. The molecule has 2 unspecified atom stereocenters. The molecule has 1 aromatic heterocycles. The van der Waals surface area contributed by atoms with E-state index in [2.05, 4.69) is 38.1 Å². The van der Waals surface area contributed by atoms with Crippen molar-refractivity contribution in [2.45, 2.75) is 38.8 Å². The van der Waals surface area contributed by atoms with Crippen LogP contribution in [-0.2, 0) is 20.1 Å². The molecule has 1 aromatic carbocycles. The van der Waals surface area contributed by atoms with E-state index in [4.69, 9.17) is 14.9 Å². The number of hydrogen-bond acceptors (Lipinski definition) is 10. The van der Waals surface area contributed by atoms with Crippen molar-refractivity contribution in [1.82, 2.24) is 15.0 Å². The molecule has 0 fully saturated rings. The molecule has 5 N–H and O–H groups in total. The van der Waals surface area contributed by atoms with Gasteiger partial charge in [0.2, 0.25) is 17.8 Å². The van der Waals surface area contributed by atoms with Crippen LogP contribution in [0.3, 0.4) is 0 Å². The van der Waals surface area contributed by atoms with Crippen LogP contribution >= 0.6 is 0 Å². The van der Waals surface area contributed by atoms with Crippen LogP contribution in [0.4, 0.5) is 23.5 Å². The smallest absolute Gasteiger partial charge is 0.340 e. The van der Waals surface area contributed by atoms with E-state index < -0.39 is 8.56 Å². The SMILES string of the molecule is CCCCOC(=O)c1ccc(Nc2nc(N)nc(NCC(C)[Si](C)(O)OC[S+](C)C)n2)cc1. The number of ether oxygens (including phenoxy) is 1. The van der Waals surface area contributed by atoms with Gasteiger partial charge >= 0.3 is 14.5 Å². The quantitative estimate of drug-likeness (QED) is 0.142. The molecule has 0 saturated heterocycles. The Kier molecular flexibility index (Phi) is 10.3. The van der Waals surface area contributed by atoms with E-state index in [-0.39, 0.29) is 34.3 Å². The summed E-state index contributed by atoms with van der Waals surface area (Å²) in [5.41, 5.74) is 6.90. The molecule has 12 heteroatoms. The fourth-order valence-corrected chi connectivity index (χ4v) is 5.21. The van der Waals surface area contributed by atoms with Gasteiger partial charge in [0, 0.05) is 28.7 Å².